The number of fused-ring (bicyclic) bond motifs is 1. The molecule has 0 saturated heterocycles. The molecular formula is C15H18N4OS. The van der Waals surface area contributed by atoms with E-state index < -0.39 is 0 Å². The fraction of sp³-hybridized carbons (Fsp3) is 0.400. The fourth-order valence-electron chi connectivity index (χ4n) is 2.10. The molecule has 2 heterocycles. The van der Waals surface area contributed by atoms with E-state index in [0.717, 1.165) is 28.4 Å². The Morgan fingerprint density at radius 2 is 2.14 bits per heavy atom. The average Bonchev–Trinajstić information content (AvgIpc) is 3.01. The van der Waals surface area contributed by atoms with Crippen LogP contribution >= 0.6 is 11.8 Å². The predicted molar refractivity (Wildman–Crippen MR) is 83.2 cm³/mol. The number of aromatic amines is 1. The van der Waals surface area contributed by atoms with Crippen molar-refractivity contribution in [3.63, 3.8) is 0 Å². The van der Waals surface area contributed by atoms with Crippen LogP contribution in [0.25, 0.3) is 11.0 Å². The van der Waals surface area contributed by atoms with Gasteiger partial charge < -0.3 is 9.51 Å². The van der Waals surface area contributed by atoms with Gasteiger partial charge in [0.2, 0.25) is 5.89 Å². The highest BCUT2D eigenvalue weighted by molar-refractivity contribution is 7.98. The first-order chi connectivity index (χ1) is 10.1. The van der Waals surface area contributed by atoms with Gasteiger partial charge in [-0.2, -0.15) is 4.98 Å². The zero-order chi connectivity index (χ0) is 14.8. The van der Waals surface area contributed by atoms with E-state index in [1.54, 1.807) is 11.8 Å². The second kappa shape index (κ2) is 5.89. The summed E-state index contributed by atoms with van der Waals surface area (Å²) in [5.74, 6) is 2.58. The molecule has 1 aromatic carbocycles. The summed E-state index contributed by atoms with van der Waals surface area (Å²) in [4.78, 5) is 12.2. The van der Waals surface area contributed by atoms with E-state index in [0.29, 0.717) is 17.6 Å². The first-order valence-electron chi connectivity index (χ1n) is 7.01. The summed E-state index contributed by atoms with van der Waals surface area (Å²) in [7, 11) is 0. The van der Waals surface area contributed by atoms with E-state index in [1.165, 1.54) is 5.56 Å². The number of nitrogens with zero attached hydrogens (tertiary/aromatic N) is 3. The molecule has 0 atom stereocenters. The van der Waals surface area contributed by atoms with Gasteiger partial charge in [0.15, 0.2) is 11.0 Å². The number of benzene rings is 1. The maximum atomic E-state index is 5.26. The van der Waals surface area contributed by atoms with Crippen molar-refractivity contribution in [2.45, 2.75) is 38.1 Å². The molecular weight excluding hydrogens is 284 g/mol. The van der Waals surface area contributed by atoms with Gasteiger partial charge in [0.25, 0.3) is 0 Å². The number of aryl methyl sites for hydroxylation is 1. The molecule has 0 aliphatic rings. The second-order valence-corrected chi connectivity index (χ2v) is 6.52. The van der Waals surface area contributed by atoms with Crippen LogP contribution in [0.15, 0.2) is 27.9 Å². The van der Waals surface area contributed by atoms with Crippen LogP contribution in [0.2, 0.25) is 0 Å². The number of hydrogen-bond acceptors (Lipinski definition) is 5. The molecule has 0 saturated carbocycles. The predicted octanol–water partition coefficient (Wildman–Crippen LogP) is 3.75. The number of H-pyrrole nitrogens is 1. The smallest absolute Gasteiger partial charge is 0.237 e. The Morgan fingerprint density at radius 1 is 1.29 bits per heavy atom. The van der Waals surface area contributed by atoms with Crippen molar-refractivity contribution < 1.29 is 4.52 Å². The van der Waals surface area contributed by atoms with Crippen LogP contribution in [0.1, 0.15) is 31.1 Å². The van der Waals surface area contributed by atoms with Gasteiger partial charge in [0, 0.05) is 6.42 Å². The third-order valence-electron chi connectivity index (χ3n) is 3.05. The molecule has 0 fully saturated rings. The van der Waals surface area contributed by atoms with Crippen LogP contribution in [-0.4, -0.2) is 20.1 Å². The average molecular weight is 302 g/mol. The van der Waals surface area contributed by atoms with Gasteiger partial charge in [-0.3, -0.25) is 0 Å². The molecule has 6 heteroatoms. The van der Waals surface area contributed by atoms with Crippen LogP contribution in [-0.2, 0) is 12.2 Å². The van der Waals surface area contributed by atoms with Gasteiger partial charge >= 0.3 is 0 Å². The molecule has 3 aromatic rings. The van der Waals surface area contributed by atoms with Crippen molar-refractivity contribution in [1.29, 1.82) is 0 Å². The zero-order valence-corrected chi connectivity index (χ0v) is 13.2. The molecule has 21 heavy (non-hydrogen) atoms. The summed E-state index contributed by atoms with van der Waals surface area (Å²) in [5.41, 5.74) is 3.26. The Morgan fingerprint density at radius 3 is 2.95 bits per heavy atom. The third-order valence-corrected chi connectivity index (χ3v) is 3.91. The molecule has 110 valence electrons. The Kier molecular flexibility index (Phi) is 3.96. The summed E-state index contributed by atoms with van der Waals surface area (Å²) in [6.45, 7) is 6.35. The van der Waals surface area contributed by atoms with Crippen LogP contribution in [0.5, 0.6) is 0 Å². The highest BCUT2D eigenvalue weighted by atomic mass is 32.2. The van der Waals surface area contributed by atoms with Crippen molar-refractivity contribution in [2.75, 3.05) is 0 Å². The van der Waals surface area contributed by atoms with Crippen molar-refractivity contribution >= 4 is 22.8 Å². The molecule has 0 aliphatic heterocycles. The SMILES string of the molecule is Cc1ccc2nc(SCc3nc(CC(C)C)no3)[nH]c2c1. The lowest BCUT2D eigenvalue weighted by Gasteiger charge is -1.96. The summed E-state index contributed by atoms with van der Waals surface area (Å²) in [6.07, 6.45) is 0.845. The molecule has 5 nitrogen and oxygen atoms in total. The maximum absolute atomic E-state index is 5.26. The van der Waals surface area contributed by atoms with E-state index in [-0.39, 0.29) is 0 Å². The minimum Gasteiger partial charge on any atom is -0.338 e. The first kappa shape index (κ1) is 14.1. The van der Waals surface area contributed by atoms with E-state index >= 15 is 0 Å². The molecule has 0 radical (unpaired) electrons. The van der Waals surface area contributed by atoms with Crippen molar-refractivity contribution in [3.05, 3.63) is 35.5 Å². The number of aromatic nitrogens is 4. The summed E-state index contributed by atoms with van der Waals surface area (Å²) >= 11 is 1.57. The molecule has 0 unspecified atom stereocenters. The first-order valence-corrected chi connectivity index (χ1v) is 7.99. The van der Waals surface area contributed by atoms with Gasteiger partial charge in [-0.05, 0) is 30.5 Å². The standard InChI is InChI=1S/C15H18N4OS/c1-9(2)6-13-18-14(20-19-13)8-21-15-16-11-5-4-10(3)7-12(11)17-15/h4-5,7,9H,6,8H2,1-3H3,(H,16,17). The highest BCUT2D eigenvalue weighted by Gasteiger charge is 2.10. The topological polar surface area (TPSA) is 67.6 Å². The minimum absolute atomic E-state index is 0.529. The van der Waals surface area contributed by atoms with Crippen molar-refractivity contribution in [1.82, 2.24) is 20.1 Å². The normalized spacial score (nSPS) is 11.6. The molecule has 0 spiro atoms. The summed E-state index contributed by atoms with van der Waals surface area (Å²) in [5, 5.41) is 4.87. The zero-order valence-electron chi connectivity index (χ0n) is 12.4. The molecule has 0 aliphatic carbocycles. The number of hydrogen-bond donors (Lipinski definition) is 1. The number of nitrogens with one attached hydrogen (secondary N) is 1. The van der Waals surface area contributed by atoms with E-state index in [2.05, 4.69) is 53.0 Å². The van der Waals surface area contributed by atoms with Gasteiger partial charge in [0.05, 0.1) is 16.8 Å². The Labute approximate surface area is 127 Å². The molecule has 0 amide bonds. The summed E-state index contributed by atoms with van der Waals surface area (Å²) < 4.78 is 5.26. The lowest BCUT2D eigenvalue weighted by Crippen LogP contribution is -1.96. The number of rotatable bonds is 5. The number of imidazole rings is 1. The quantitative estimate of drug-likeness (QED) is 0.727. The largest absolute Gasteiger partial charge is 0.338 e. The van der Waals surface area contributed by atoms with E-state index in [4.69, 9.17) is 4.52 Å². The highest BCUT2D eigenvalue weighted by Crippen LogP contribution is 2.23. The lowest BCUT2D eigenvalue weighted by atomic mass is 10.1. The molecule has 0 bridgehead atoms. The molecule has 1 N–H and O–H groups in total. The lowest BCUT2D eigenvalue weighted by molar-refractivity contribution is 0.382. The maximum Gasteiger partial charge on any atom is 0.237 e. The third kappa shape index (κ3) is 3.44. The monoisotopic (exact) mass is 302 g/mol. The van der Waals surface area contributed by atoms with Gasteiger partial charge in [-0.25, -0.2) is 4.98 Å². The van der Waals surface area contributed by atoms with Crippen LogP contribution in [0, 0.1) is 12.8 Å². The molecule has 3 rings (SSSR count). The van der Waals surface area contributed by atoms with Gasteiger partial charge in [-0.15, -0.1) is 0 Å². The number of thioether (sulfide) groups is 1. The Bertz CT molecular complexity index is 747. The van der Waals surface area contributed by atoms with Crippen LogP contribution < -0.4 is 0 Å². The van der Waals surface area contributed by atoms with Gasteiger partial charge in [-0.1, -0.05) is 36.8 Å². The minimum atomic E-state index is 0.529. The molecule has 2 aromatic heterocycles. The Hall–Kier alpha value is -1.82. The van der Waals surface area contributed by atoms with Crippen LogP contribution in [0.3, 0.4) is 0 Å². The van der Waals surface area contributed by atoms with Gasteiger partial charge in [0.1, 0.15) is 0 Å². The van der Waals surface area contributed by atoms with Crippen LogP contribution in [0.4, 0.5) is 0 Å². The summed E-state index contributed by atoms with van der Waals surface area (Å²) in [6, 6.07) is 6.19. The van der Waals surface area contributed by atoms with Crippen molar-refractivity contribution in [3.8, 4) is 0 Å². The van der Waals surface area contributed by atoms with E-state index in [1.807, 2.05) is 6.07 Å². The second-order valence-electron chi connectivity index (χ2n) is 5.55. The fourth-order valence-corrected chi connectivity index (χ4v) is 2.82. The Balaban J connectivity index is 1.67. The van der Waals surface area contributed by atoms with Crippen molar-refractivity contribution in [2.24, 2.45) is 5.92 Å². The van der Waals surface area contributed by atoms with E-state index in [9.17, 15) is 0 Å².